The predicted molar refractivity (Wildman–Crippen MR) is 197 cm³/mol. The number of esters is 2. The fourth-order valence-corrected chi connectivity index (χ4v) is 7.92. The van der Waals surface area contributed by atoms with Crippen molar-refractivity contribution in [1.82, 2.24) is 0 Å². The first-order valence-corrected chi connectivity index (χ1v) is 22.4. The Morgan fingerprint density at radius 2 is 0.915 bits per heavy atom. The minimum atomic E-state index is -4.15. The molecular formula is C37H73O8PS. The maximum absolute atomic E-state index is 12.5. The van der Waals surface area contributed by atoms with Crippen molar-refractivity contribution in [3.05, 3.63) is 0 Å². The minimum Gasteiger partial charge on any atom is -0.462 e. The Balaban J connectivity index is 4.19. The fraction of sp³-hybridized carbons (Fsp3) is 0.946. The highest BCUT2D eigenvalue weighted by atomic mass is 32.7. The molecule has 2 N–H and O–H groups in total. The number of ether oxygens (including phenoxy) is 2. The molecule has 0 aromatic rings. The summed E-state index contributed by atoms with van der Waals surface area (Å²) >= 11 is 0.395. The van der Waals surface area contributed by atoms with Gasteiger partial charge in [0.05, 0.1) is 6.61 Å². The molecule has 0 aromatic carbocycles. The highest BCUT2D eigenvalue weighted by Gasteiger charge is 2.27. The van der Waals surface area contributed by atoms with Crippen LogP contribution in [-0.2, 0) is 28.2 Å². The molecule has 0 saturated carbocycles. The third kappa shape index (κ3) is 35.0. The van der Waals surface area contributed by atoms with Gasteiger partial charge in [-0.2, -0.15) is 0 Å². The number of hydrogen-bond donors (Lipinski definition) is 2. The van der Waals surface area contributed by atoms with Crippen molar-refractivity contribution < 1.29 is 38.2 Å². The molecule has 0 aromatic heterocycles. The molecule has 280 valence electrons. The normalized spacial score (nSPS) is 14.1. The van der Waals surface area contributed by atoms with E-state index < -0.39 is 30.9 Å². The van der Waals surface area contributed by atoms with E-state index in [2.05, 4.69) is 13.8 Å². The number of hydrogen-bond acceptors (Lipinski definition) is 8. The van der Waals surface area contributed by atoms with Crippen molar-refractivity contribution in [2.45, 2.75) is 212 Å². The number of carbonyl (C=O) groups excluding carboxylic acids is 2. The molecule has 0 aliphatic rings. The second-order valence-electron chi connectivity index (χ2n) is 13.2. The second kappa shape index (κ2) is 33.9. The van der Waals surface area contributed by atoms with Gasteiger partial charge < -0.3 is 19.5 Å². The van der Waals surface area contributed by atoms with E-state index >= 15 is 0 Å². The molecule has 0 radical (unpaired) electrons. The van der Waals surface area contributed by atoms with Crippen LogP contribution < -0.4 is 0 Å². The zero-order valence-corrected chi connectivity index (χ0v) is 32.3. The van der Waals surface area contributed by atoms with Crippen LogP contribution in [0.2, 0.25) is 0 Å². The van der Waals surface area contributed by atoms with Crippen LogP contribution in [0, 0.1) is 0 Å². The Morgan fingerprint density at radius 3 is 1.28 bits per heavy atom. The number of aliphatic hydroxyl groups excluding tert-OH is 1. The predicted octanol–water partition coefficient (Wildman–Crippen LogP) is 11.6. The topological polar surface area (TPSA) is 119 Å². The molecule has 0 rings (SSSR count). The van der Waals surface area contributed by atoms with Gasteiger partial charge in [0.1, 0.15) is 12.0 Å². The lowest BCUT2D eigenvalue weighted by Gasteiger charge is -2.20. The van der Waals surface area contributed by atoms with Gasteiger partial charge in [-0.3, -0.25) is 14.1 Å². The summed E-state index contributed by atoms with van der Waals surface area (Å²) in [5.41, 5.74) is -1.10. The lowest BCUT2D eigenvalue weighted by Crippen LogP contribution is -2.29. The summed E-state index contributed by atoms with van der Waals surface area (Å²) < 4.78 is 28.1. The number of carbonyl (C=O) groups is 2. The maximum Gasteiger partial charge on any atom is 0.389 e. The zero-order chi connectivity index (χ0) is 34.9. The van der Waals surface area contributed by atoms with Gasteiger partial charge in [-0.25, -0.2) is 4.57 Å². The molecule has 0 aliphatic heterocycles. The second-order valence-corrected chi connectivity index (χ2v) is 17.4. The van der Waals surface area contributed by atoms with E-state index in [4.69, 9.17) is 14.0 Å². The third-order valence-corrected chi connectivity index (χ3v) is 11.5. The highest BCUT2D eigenvalue weighted by molar-refractivity contribution is 8.55. The van der Waals surface area contributed by atoms with Crippen molar-refractivity contribution in [3.63, 3.8) is 0 Å². The van der Waals surface area contributed by atoms with Crippen molar-refractivity contribution in [2.75, 3.05) is 13.2 Å². The van der Waals surface area contributed by atoms with E-state index in [0.29, 0.717) is 17.8 Å². The number of rotatable bonds is 36. The molecule has 0 aliphatic carbocycles. The average molecular weight is 709 g/mol. The van der Waals surface area contributed by atoms with Crippen LogP contribution in [0.15, 0.2) is 0 Å². The Labute approximate surface area is 292 Å². The first-order valence-electron chi connectivity index (χ1n) is 19.4. The van der Waals surface area contributed by atoms with Gasteiger partial charge in [-0.15, -0.1) is 0 Å². The molecule has 10 heteroatoms. The van der Waals surface area contributed by atoms with Gasteiger partial charge in [0.25, 0.3) is 0 Å². The number of aliphatic hydroxyl groups is 1. The van der Waals surface area contributed by atoms with Crippen LogP contribution in [0.4, 0.5) is 0 Å². The van der Waals surface area contributed by atoms with Crippen LogP contribution in [-0.4, -0.2) is 46.7 Å². The summed E-state index contributed by atoms with van der Waals surface area (Å²) in [5, 5.41) is 9.44. The van der Waals surface area contributed by atoms with E-state index in [1.54, 1.807) is 0 Å². The van der Waals surface area contributed by atoms with E-state index in [0.717, 1.165) is 32.1 Å². The van der Waals surface area contributed by atoms with Crippen LogP contribution in [0.1, 0.15) is 201 Å². The summed E-state index contributed by atoms with van der Waals surface area (Å²) in [6.45, 7) is 1.07. The van der Waals surface area contributed by atoms with Gasteiger partial charge >= 0.3 is 18.7 Å². The van der Waals surface area contributed by atoms with Gasteiger partial charge in [0.2, 0.25) is 0 Å². The van der Waals surface area contributed by atoms with Crippen molar-refractivity contribution in [2.24, 2.45) is 0 Å². The van der Waals surface area contributed by atoms with Gasteiger partial charge in [-0.05, 0) is 31.1 Å². The molecule has 47 heavy (non-hydrogen) atoms. The van der Waals surface area contributed by atoms with Crippen molar-refractivity contribution in [1.29, 1.82) is 0 Å². The summed E-state index contributed by atoms with van der Waals surface area (Å²) in [6.07, 6.45) is 31.2. The van der Waals surface area contributed by atoms with Gasteiger partial charge in [0, 0.05) is 12.8 Å². The molecular weight excluding hydrogens is 635 g/mol. The van der Waals surface area contributed by atoms with E-state index in [-0.39, 0.29) is 25.4 Å². The zero-order valence-electron chi connectivity index (χ0n) is 30.6. The summed E-state index contributed by atoms with van der Waals surface area (Å²) in [7, 11) is 0. The monoisotopic (exact) mass is 708 g/mol. The van der Waals surface area contributed by atoms with Gasteiger partial charge in [0.15, 0.2) is 6.10 Å². The number of unbranched alkanes of at least 4 members (excludes halogenated alkanes) is 24. The summed E-state index contributed by atoms with van der Waals surface area (Å²) in [5.74, 6) is -0.818. The molecule has 0 fully saturated rings. The molecule has 0 amide bonds. The van der Waals surface area contributed by atoms with Crippen LogP contribution >= 0.6 is 18.2 Å². The Kier molecular flexibility index (Phi) is 33.4. The lowest BCUT2D eigenvalue weighted by molar-refractivity contribution is -0.161. The quantitative estimate of drug-likeness (QED) is 0.0283. The summed E-state index contributed by atoms with van der Waals surface area (Å²) in [6, 6.07) is 0. The van der Waals surface area contributed by atoms with E-state index in [9.17, 15) is 24.2 Å². The van der Waals surface area contributed by atoms with Crippen LogP contribution in [0.5, 0.6) is 0 Å². The molecule has 3 atom stereocenters. The molecule has 0 spiro atoms. The van der Waals surface area contributed by atoms with E-state index in [1.807, 2.05) is 0 Å². The summed E-state index contributed by atoms with van der Waals surface area (Å²) in [4.78, 5) is 34.8. The van der Waals surface area contributed by atoms with Crippen molar-refractivity contribution in [3.8, 4) is 0 Å². The van der Waals surface area contributed by atoms with Crippen LogP contribution in [0.25, 0.3) is 0 Å². The molecule has 3 unspecified atom stereocenters. The Bertz CT molecular complexity index is 767. The Morgan fingerprint density at radius 1 is 0.574 bits per heavy atom. The molecule has 8 nitrogen and oxygen atoms in total. The first kappa shape index (κ1) is 46.4. The standard InChI is InChI=1S/C37H73O8PS/c1-4-6-8-10-12-14-16-18-20-22-24-26-28-30-36(39)43-32-35(33-44-46(41,42)47-34(3)38)45-37(40)31-29-27-25-23-21-19-17-15-13-11-9-7-5-2/h34-35,38H,4-33H2,1-3H3,(H,41,42). The minimum absolute atomic E-state index is 0.235. The largest absolute Gasteiger partial charge is 0.462 e. The SMILES string of the molecule is CCCCCCCCCCCCCCCC(=O)OCC(COP(=O)(O)SC(C)O)OC(=O)CCCCCCCCCCCCCCC. The molecule has 0 saturated heterocycles. The lowest BCUT2D eigenvalue weighted by atomic mass is 10.0. The van der Waals surface area contributed by atoms with Crippen LogP contribution in [0.3, 0.4) is 0 Å². The molecule has 0 bridgehead atoms. The highest BCUT2D eigenvalue weighted by Crippen LogP contribution is 2.57. The van der Waals surface area contributed by atoms with Gasteiger partial charge in [-0.1, -0.05) is 168 Å². The Hall–Kier alpha value is -0.600. The van der Waals surface area contributed by atoms with E-state index in [1.165, 1.54) is 135 Å². The fourth-order valence-electron chi connectivity index (χ4n) is 5.59. The average Bonchev–Trinajstić information content (AvgIpc) is 3.02. The smallest absolute Gasteiger partial charge is 0.389 e. The molecule has 0 heterocycles. The third-order valence-electron chi connectivity index (χ3n) is 8.41. The van der Waals surface area contributed by atoms with Crippen molar-refractivity contribution >= 4 is 30.1 Å². The maximum atomic E-state index is 12.5. The first-order chi connectivity index (χ1) is 22.7.